The summed E-state index contributed by atoms with van der Waals surface area (Å²) in [5, 5.41) is 6.98. The summed E-state index contributed by atoms with van der Waals surface area (Å²) in [6.07, 6.45) is 7.68. The minimum atomic E-state index is -0.118. The molecule has 0 aromatic carbocycles. The maximum atomic E-state index is 12.2. The zero-order chi connectivity index (χ0) is 15.5. The third-order valence-corrected chi connectivity index (χ3v) is 3.85. The molecule has 0 saturated carbocycles. The van der Waals surface area contributed by atoms with Crippen LogP contribution in [0.4, 0.5) is 0 Å². The van der Waals surface area contributed by atoms with Gasteiger partial charge in [0.25, 0.3) is 11.8 Å². The third-order valence-electron chi connectivity index (χ3n) is 3.85. The Morgan fingerprint density at radius 3 is 2.68 bits per heavy atom. The molecule has 0 bridgehead atoms. The Bertz CT molecular complexity index is 654. The smallest absolute Gasteiger partial charge is 0.257 e. The Morgan fingerprint density at radius 1 is 1.32 bits per heavy atom. The summed E-state index contributed by atoms with van der Waals surface area (Å²) in [4.78, 5) is 26.0. The number of nitrogens with one attached hydrogen (secondary N) is 1. The molecule has 3 rings (SSSR count). The first-order valence-corrected chi connectivity index (χ1v) is 7.24. The molecule has 1 saturated heterocycles. The molecule has 0 unspecified atom stereocenters. The number of hydrogen-bond donors (Lipinski definition) is 1. The van der Waals surface area contributed by atoms with Crippen LogP contribution < -0.4 is 5.32 Å². The molecule has 22 heavy (non-hydrogen) atoms. The van der Waals surface area contributed by atoms with Gasteiger partial charge in [0, 0.05) is 32.4 Å². The predicted molar refractivity (Wildman–Crippen MR) is 78.3 cm³/mol. The second kappa shape index (κ2) is 6.05. The van der Waals surface area contributed by atoms with E-state index in [9.17, 15) is 9.59 Å². The highest BCUT2D eigenvalue weighted by molar-refractivity contribution is 5.94. The van der Waals surface area contributed by atoms with Gasteiger partial charge in [0.05, 0.1) is 23.6 Å². The number of amides is 2. The fourth-order valence-corrected chi connectivity index (χ4v) is 2.60. The first-order chi connectivity index (χ1) is 10.6. The maximum absolute atomic E-state index is 12.2. The van der Waals surface area contributed by atoms with E-state index in [-0.39, 0.29) is 17.9 Å². The van der Waals surface area contributed by atoms with Crippen LogP contribution in [0.25, 0.3) is 0 Å². The zero-order valence-corrected chi connectivity index (χ0v) is 12.4. The van der Waals surface area contributed by atoms with Crippen molar-refractivity contribution in [1.29, 1.82) is 0 Å². The second-order valence-corrected chi connectivity index (χ2v) is 5.45. The number of carbonyl (C=O) groups excluding carboxylic acids is 2. The number of hydrogen-bond acceptors (Lipinski definition) is 4. The van der Waals surface area contributed by atoms with Gasteiger partial charge in [-0.25, -0.2) is 0 Å². The number of aromatic nitrogens is 2. The largest absolute Gasteiger partial charge is 0.472 e. The lowest BCUT2D eigenvalue weighted by atomic mass is 10.0. The van der Waals surface area contributed by atoms with Crippen LogP contribution in [0.1, 0.15) is 33.6 Å². The lowest BCUT2D eigenvalue weighted by Gasteiger charge is -2.32. The summed E-state index contributed by atoms with van der Waals surface area (Å²) < 4.78 is 6.54. The predicted octanol–water partition coefficient (Wildman–Crippen LogP) is 1.05. The number of carbonyl (C=O) groups is 2. The molecule has 7 heteroatoms. The average molecular weight is 302 g/mol. The SMILES string of the molecule is Cn1cc(C(=O)NC2CCN(C(=O)c3ccoc3)CC2)cn1. The van der Waals surface area contributed by atoms with Crippen molar-refractivity contribution in [2.75, 3.05) is 13.1 Å². The number of likely N-dealkylation sites (tertiary alicyclic amines) is 1. The maximum Gasteiger partial charge on any atom is 0.257 e. The average Bonchev–Trinajstić information content (AvgIpc) is 3.18. The van der Waals surface area contributed by atoms with Gasteiger partial charge in [-0.2, -0.15) is 5.10 Å². The van der Waals surface area contributed by atoms with Gasteiger partial charge in [0.2, 0.25) is 0 Å². The van der Waals surface area contributed by atoms with Crippen LogP contribution in [0.3, 0.4) is 0 Å². The minimum Gasteiger partial charge on any atom is -0.472 e. The molecule has 2 aromatic heterocycles. The number of aryl methyl sites for hydroxylation is 1. The molecule has 0 radical (unpaired) electrons. The van der Waals surface area contributed by atoms with Crippen molar-refractivity contribution >= 4 is 11.8 Å². The van der Waals surface area contributed by atoms with Gasteiger partial charge in [-0.3, -0.25) is 14.3 Å². The molecule has 1 fully saturated rings. The fraction of sp³-hybridized carbons (Fsp3) is 0.400. The zero-order valence-electron chi connectivity index (χ0n) is 12.4. The van der Waals surface area contributed by atoms with Crippen LogP contribution in [-0.2, 0) is 7.05 Å². The van der Waals surface area contributed by atoms with E-state index in [0.717, 1.165) is 12.8 Å². The topological polar surface area (TPSA) is 80.4 Å². The number of nitrogens with zero attached hydrogens (tertiary/aromatic N) is 3. The molecule has 0 aliphatic carbocycles. The van der Waals surface area contributed by atoms with Crippen molar-refractivity contribution in [2.45, 2.75) is 18.9 Å². The van der Waals surface area contributed by atoms with Gasteiger partial charge in [-0.05, 0) is 18.9 Å². The first kappa shape index (κ1) is 14.4. The Hall–Kier alpha value is -2.57. The highest BCUT2D eigenvalue weighted by Gasteiger charge is 2.25. The monoisotopic (exact) mass is 302 g/mol. The molecule has 0 atom stereocenters. The summed E-state index contributed by atoms with van der Waals surface area (Å²) in [5.41, 5.74) is 1.12. The third kappa shape index (κ3) is 3.03. The molecule has 2 aromatic rings. The van der Waals surface area contributed by atoms with Crippen LogP contribution in [0.2, 0.25) is 0 Å². The van der Waals surface area contributed by atoms with Gasteiger partial charge >= 0.3 is 0 Å². The first-order valence-electron chi connectivity index (χ1n) is 7.24. The normalized spacial score (nSPS) is 15.8. The second-order valence-electron chi connectivity index (χ2n) is 5.45. The van der Waals surface area contributed by atoms with Gasteiger partial charge in [-0.15, -0.1) is 0 Å². The Labute approximate surface area is 127 Å². The van der Waals surface area contributed by atoms with Gasteiger partial charge < -0.3 is 14.6 Å². The summed E-state index contributed by atoms with van der Waals surface area (Å²) in [6, 6.07) is 1.75. The number of rotatable bonds is 3. The summed E-state index contributed by atoms with van der Waals surface area (Å²) in [7, 11) is 1.77. The van der Waals surface area contributed by atoms with Crippen LogP contribution in [0.5, 0.6) is 0 Å². The highest BCUT2D eigenvalue weighted by Crippen LogP contribution is 2.15. The summed E-state index contributed by atoms with van der Waals surface area (Å²) in [5.74, 6) is -0.140. The lowest BCUT2D eigenvalue weighted by Crippen LogP contribution is -2.46. The number of piperidine rings is 1. The van der Waals surface area contributed by atoms with Crippen molar-refractivity contribution in [2.24, 2.45) is 7.05 Å². The molecule has 7 nitrogen and oxygen atoms in total. The van der Waals surface area contributed by atoms with Crippen LogP contribution in [0.15, 0.2) is 35.4 Å². The minimum absolute atomic E-state index is 0.0224. The van der Waals surface area contributed by atoms with E-state index in [2.05, 4.69) is 10.4 Å². The molecule has 0 spiro atoms. The van der Waals surface area contributed by atoms with E-state index in [4.69, 9.17) is 4.42 Å². The Kier molecular flexibility index (Phi) is 3.95. The molecule has 1 aliphatic heterocycles. The van der Waals surface area contributed by atoms with E-state index in [1.807, 2.05) is 0 Å². The summed E-state index contributed by atoms with van der Waals surface area (Å²) >= 11 is 0. The molecule has 116 valence electrons. The van der Waals surface area contributed by atoms with Crippen molar-refractivity contribution in [3.63, 3.8) is 0 Å². The molecule has 1 aliphatic rings. The van der Waals surface area contributed by atoms with Crippen LogP contribution in [0, 0.1) is 0 Å². The van der Waals surface area contributed by atoms with E-state index in [1.54, 1.807) is 35.1 Å². The Balaban J connectivity index is 1.51. The van der Waals surface area contributed by atoms with Crippen molar-refractivity contribution < 1.29 is 14.0 Å². The van der Waals surface area contributed by atoms with Gasteiger partial charge in [0.15, 0.2) is 0 Å². The van der Waals surface area contributed by atoms with E-state index in [0.29, 0.717) is 24.2 Å². The standard InChI is InChI=1S/C15H18N4O3/c1-18-9-12(8-16-18)14(20)17-13-2-5-19(6-3-13)15(21)11-4-7-22-10-11/h4,7-10,13H,2-3,5-6H2,1H3,(H,17,20). The van der Waals surface area contributed by atoms with Gasteiger partial charge in [0.1, 0.15) is 6.26 Å². The quantitative estimate of drug-likeness (QED) is 0.919. The molecule has 2 amide bonds. The summed E-state index contributed by atoms with van der Waals surface area (Å²) in [6.45, 7) is 1.25. The van der Waals surface area contributed by atoms with Crippen molar-refractivity contribution in [1.82, 2.24) is 20.0 Å². The molecule has 3 heterocycles. The number of furan rings is 1. The van der Waals surface area contributed by atoms with E-state index >= 15 is 0 Å². The van der Waals surface area contributed by atoms with E-state index in [1.165, 1.54) is 12.5 Å². The molecular formula is C15H18N4O3. The van der Waals surface area contributed by atoms with Gasteiger partial charge in [-0.1, -0.05) is 0 Å². The van der Waals surface area contributed by atoms with Crippen molar-refractivity contribution in [3.8, 4) is 0 Å². The van der Waals surface area contributed by atoms with Crippen LogP contribution in [-0.4, -0.2) is 45.6 Å². The lowest BCUT2D eigenvalue weighted by molar-refractivity contribution is 0.0697. The van der Waals surface area contributed by atoms with E-state index < -0.39 is 0 Å². The Morgan fingerprint density at radius 2 is 2.09 bits per heavy atom. The molecular weight excluding hydrogens is 284 g/mol. The van der Waals surface area contributed by atoms with Crippen molar-refractivity contribution in [3.05, 3.63) is 42.1 Å². The fourth-order valence-electron chi connectivity index (χ4n) is 2.60. The van der Waals surface area contributed by atoms with Crippen LogP contribution >= 0.6 is 0 Å². The highest BCUT2D eigenvalue weighted by atomic mass is 16.3. The molecule has 1 N–H and O–H groups in total.